The summed E-state index contributed by atoms with van der Waals surface area (Å²) in [5.74, 6) is 0. The van der Waals surface area contributed by atoms with Crippen LogP contribution in [0.1, 0.15) is 5.69 Å². The summed E-state index contributed by atoms with van der Waals surface area (Å²) in [5, 5.41) is 1.81. The molecule has 4 aromatic heterocycles. The van der Waals surface area contributed by atoms with Gasteiger partial charge in [0.2, 0.25) is 5.28 Å². The molecule has 0 aliphatic carbocycles. The number of nitrogens with zero attached hydrogens (tertiary/aromatic N) is 6. The highest BCUT2D eigenvalue weighted by atomic mass is 35.5. The summed E-state index contributed by atoms with van der Waals surface area (Å²) in [6, 6.07) is 1.38. The van der Waals surface area contributed by atoms with E-state index >= 15 is 0 Å². The van der Waals surface area contributed by atoms with Gasteiger partial charge < -0.3 is 4.57 Å². The molecule has 0 unspecified atom stereocenters. The molecule has 0 fully saturated rings. The van der Waals surface area contributed by atoms with E-state index in [0.717, 1.165) is 4.57 Å². The Morgan fingerprint density at radius 1 is 1.16 bits per heavy atom. The Balaban J connectivity index is 1.98. The molecular weight excluding hydrogens is 368 g/mol. The Bertz CT molecular complexity index is 1320. The van der Waals surface area contributed by atoms with Gasteiger partial charge >= 0.3 is 5.69 Å². The van der Waals surface area contributed by atoms with E-state index in [1.165, 1.54) is 45.0 Å². The molecule has 4 heterocycles. The SMILES string of the molecule is Cn1c(=O)c2c(nc(Cl)n2Cc2cc(=O)n3ccsc3n2)n(C)c1=O. The van der Waals surface area contributed by atoms with E-state index < -0.39 is 11.2 Å². The van der Waals surface area contributed by atoms with Gasteiger partial charge in [-0.05, 0) is 11.6 Å². The van der Waals surface area contributed by atoms with Gasteiger partial charge in [-0.1, -0.05) is 0 Å². The summed E-state index contributed by atoms with van der Waals surface area (Å²) in [5.41, 5.74) is -0.400. The van der Waals surface area contributed by atoms with Crippen molar-refractivity contribution >= 4 is 39.1 Å². The number of thiazole rings is 1. The molecule has 0 spiro atoms. The molecule has 0 N–H and O–H groups in total. The molecule has 128 valence electrons. The summed E-state index contributed by atoms with van der Waals surface area (Å²) in [6.45, 7) is 0.0897. The van der Waals surface area contributed by atoms with Crippen LogP contribution in [0.4, 0.5) is 0 Å². The predicted molar refractivity (Wildman–Crippen MR) is 93.7 cm³/mol. The number of halogens is 1. The van der Waals surface area contributed by atoms with Gasteiger partial charge in [0.1, 0.15) is 0 Å². The quantitative estimate of drug-likeness (QED) is 0.464. The molecule has 0 radical (unpaired) electrons. The first-order valence-electron chi connectivity index (χ1n) is 7.16. The Hall–Kier alpha value is -2.72. The summed E-state index contributed by atoms with van der Waals surface area (Å²) < 4.78 is 5.13. The Labute approximate surface area is 148 Å². The van der Waals surface area contributed by atoms with Gasteiger partial charge in [-0.15, -0.1) is 11.3 Å². The molecule has 0 aliphatic heterocycles. The molecule has 0 amide bonds. The van der Waals surface area contributed by atoms with Crippen LogP contribution in [-0.2, 0) is 20.6 Å². The van der Waals surface area contributed by atoms with E-state index in [1.54, 1.807) is 11.6 Å². The number of rotatable bonds is 2. The lowest BCUT2D eigenvalue weighted by molar-refractivity contribution is 0.701. The van der Waals surface area contributed by atoms with Crippen LogP contribution in [0.25, 0.3) is 16.1 Å². The molecule has 0 aromatic carbocycles. The molecule has 11 heteroatoms. The van der Waals surface area contributed by atoms with Crippen LogP contribution in [0.3, 0.4) is 0 Å². The summed E-state index contributed by atoms with van der Waals surface area (Å²) >= 11 is 7.51. The summed E-state index contributed by atoms with van der Waals surface area (Å²) in [6.07, 6.45) is 1.64. The molecule has 0 atom stereocenters. The summed E-state index contributed by atoms with van der Waals surface area (Å²) in [4.78, 5) is 45.7. The number of imidazole rings is 1. The van der Waals surface area contributed by atoms with Gasteiger partial charge in [-0.3, -0.25) is 23.1 Å². The molecule has 4 rings (SSSR count). The highest BCUT2D eigenvalue weighted by Gasteiger charge is 2.19. The summed E-state index contributed by atoms with van der Waals surface area (Å²) in [7, 11) is 2.90. The monoisotopic (exact) mass is 378 g/mol. The minimum atomic E-state index is -0.508. The van der Waals surface area contributed by atoms with Gasteiger partial charge in [0.05, 0.1) is 12.2 Å². The van der Waals surface area contributed by atoms with E-state index in [4.69, 9.17) is 11.6 Å². The Morgan fingerprint density at radius 3 is 2.68 bits per heavy atom. The van der Waals surface area contributed by atoms with Gasteiger partial charge in [0.15, 0.2) is 16.1 Å². The zero-order valence-electron chi connectivity index (χ0n) is 13.1. The average molecular weight is 379 g/mol. The van der Waals surface area contributed by atoms with E-state index in [1.807, 2.05) is 0 Å². The number of fused-ring (bicyclic) bond motifs is 2. The van der Waals surface area contributed by atoms with Crippen LogP contribution in [0, 0.1) is 0 Å². The van der Waals surface area contributed by atoms with Gasteiger partial charge in [0, 0.05) is 31.7 Å². The van der Waals surface area contributed by atoms with Crippen LogP contribution < -0.4 is 16.8 Å². The predicted octanol–water partition coefficient (Wildman–Crippen LogP) is 0.205. The minimum Gasteiger partial charge on any atom is -0.303 e. The van der Waals surface area contributed by atoms with Crippen molar-refractivity contribution in [2.75, 3.05) is 0 Å². The molecular formula is C14H11ClN6O3S. The molecule has 0 aliphatic rings. The second-order valence-electron chi connectivity index (χ2n) is 5.49. The molecule has 0 saturated carbocycles. The fraction of sp³-hybridized carbons (Fsp3) is 0.214. The first kappa shape index (κ1) is 15.8. The van der Waals surface area contributed by atoms with E-state index in [-0.39, 0.29) is 28.6 Å². The zero-order valence-corrected chi connectivity index (χ0v) is 14.7. The number of aromatic nitrogens is 6. The minimum absolute atomic E-state index is 0.0430. The Morgan fingerprint density at radius 2 is 1.92 bits per heavy atom. The van der Waals surface area contributed by atoms with E-state index in [9.17, 15) is 14.4 Å². The van der Waals surface area contributed by atoms with Crippen LogP contribution in [0.15, 0.2) is 32.0 Å². The van der Waals surface area contributed by atoms with Crippen molar-refractivity contribution in [2.24, 2.45) is 14.1 Å². The number of hydrogen-bond donors (Lipinski definition) is 0. The second kappa shape index (κ2) is 5.39. The van der Waals surface area contributed by atoms with Crippen molar-refractivity contribution in [1.29, 1.82) is 0 Å². The normalized spacial score (nSPS) is 11.6. The average Bonchev–Trinajstić information content (AvgIpc) is 3.17. The second-order valence-corrected chi connectivity index (χ2v) is 6.70. The topological polar surface area (TPSA) is 96.2 Å². The van der Waals surface area contributed by atoms with Crippen molar-refractivity contribution in [3.63, 3.8) is 0 Å². The largest absolute Gasteiger partial charge is 0.332 e. The van der Waals surface area contributed by atoms with Gasteiger partial charge in [-0.2, -0.15) is 4.98 Å². The molecule has 4 aromatic rings. The van der Waals surface area contributed by atoms with Crippen LogP contribution in [0.5, 0.6) is 0 Å². The smallest absolute Gasteiger partial charge is 0.303 e. The number of aryl methyl sites for hydroxylation is 1. The Kier molecular flexibility index (Phi) is 3.41. The van der Waals surface area contributed by atoms with Crippen molar-refractivity contribution in [3.05, 3.63) is 59.8 Å². The van der Waals surface area contributed by atoms with Crippen LogP contribution in [-0.4, -0.2) is 28.1 Å². The zero-order chi connectivity index (χ0) is 17.9. The third-order valence-electron chi connectivity index (χ3n) is 3.98. The molecule has 0 bridgehead atoms. The maximum Gasteiger partial charge on any atom is 0.332 e. The van der Waals surface area contributed by atoms with Crippen LogP contribution in [0.2, 0.25) is 5.28 Å². The lowest BCUT2D eigenvalue weighted by atomic mass is 10.4. The van der Waals surface area contributed by atoms with E-state index in [0.29, 0.717) is 10.7 Å². The third kappa shape index (κ3) is 2.25. The fourth-order valence-corrected chi connectivity index (χ4v) is 3.66. The number of hydrogen-bond acceptors (Lipinski definition) is 6. The first-order chi connectivity index (χ1) is 11.9. The molecule has 25 heavy (non-hydrogen) atoms. The van der Waals surface area contributed by atoms with Crippen molar-refractivity contribution < 1.29 is 0 Å². The third-order valence-corrected chi connectivity index (χ3v) is 5.02. The van der Waals surface area contributed by atoms with Crippen molar-refractivity contribution in [1.82, 2.24) is 28.1 Å². The highest BCUT2D eigenvalue weighted by Crippen LogP contribution is 2.17. The van der Waals surface area contributed by atoms with Crippen molar-refractivity contribution in [2.45, 2.75) is 6.54 Å². The molecule has 0 saturated heterocycles. The standard InChI is InChI=1S/C14H11ClN6O3S/c1-18-10-9(11(23)19(2)14(18)24)21(12(15)17-10)6-7-5-8(22)20-3-4-25-13(20)16-7/h3-5H,6H2,1-2H3. The van der Waals surface area contributed by atoms with Crippen LogP contribution >= 0.6 is 22.9 Å². The lowest BCUT2D eigenvalue weighted by Crippen LogP contribution is -2.37. The van der Waals surface area contributed by atoms with Gasteiger partial charge in [-0.25, -0.2) is 9.78 Å². The molecule has 9 nitrogen and oxygen atoms in total. The fourth-order valence-electron chi connectivity index (χ4n) is 2.70. The van der Waals surface area contributed by atoms with Gasteiger partial charge in [0.25, 0.3) is 11.1 Å². The maximum atomic E-state index is 12.5. The van der Waals surface area contributed by atoms with Crippen molar-refractivity contribution in [3.8, 4) is 0 Å². The first-order valence-corrected chi connectivity index (χ1v) is 8.42. The lowest BCUT2D eigenvalue weighted by Gasteiger charge is -2.07. The maximum absolute atomic E-state index is 12.5. The highest BCUT2D eigenvalue weighted by molar-refractivity contribution is 7.15. The van der Waals surface area contributed by atoms with E-state index in [2.05, 4.69) is 9.97 Å².